The molecule has 1 unspecified atom stereocenters. The molecule has 4 aromatic rings. The van der Waals surface area contributed by atoms with Gasteiger partial charge in [-0.15, -0.1) is 0 Å². The zero-order chi connectivity index (χ0) is 27.7. The van der Waals surface area contributed by atoms with Crippen molar-refractivity contribution in [2.45, 2.75) is 24.9 Å². The molecule has 2 N–H and O–H groups in total. The van der Waals surface area contributed by atoms with E-state index in [1.54, 1.807) is 30.5 Å². The molecule has 9 nitrogen and oxygen atoms in total. The molecule has 1 heterocycles. The van der Waals surface area contributed by atoms with E-state index in [0.29, 0.717) is 16.5 Å². The van der Waals surface area contributed by atoms with Gasteiger partial charge in [-0.1, -0.05) is 66.7 Å². The molecule has 200 valence electrons. The van der Waals surface area contributed by atoms with E-state index in [-0.39, 0.29) is 18.9 Å². The van der Waals surface area contributed by atoms with Gasteiger partial charge in [0.2, 0.25) is 9.84 Å². The summed E-state index contributed by atoms with van der Waals surface area (Å²) in [6, 6.07) is 21.4. The number of carbonyl (C=O) groups is 3. The van der Waals surface area contributed by atoms with Gasteiger partial charge in [0.05, 0.1) is 6.54 Å². The number of carboxylic acid groups (broad SMARTS) is 1. The van der Waals surface area contributed by atoms with Crippen LogP contribution in [0.15, 0.2) is 79.0 Å². The standard InChI is InChI=1S/C29H26N2O7S/c1-39(36,37)27(32)16-31-15-18(19-8-6-7-13-26(19)31)14-25(28(33)34)30-29(35)38-17-24-22-11-4-2-9-20(22)21-10-3-5-12-23(21)24/h2-13,15,24-25H,14,16-17H2,1H3,(H,30,35)(H,33,34). The lowest BCUT2D eigenvalue weighted by Crippen LogP contribution is -2.42. The number of sulfone groups is 1. The van der Waals surface area contributed by atoms with E-state index in [1.165, 1.54) is 4.57 Å². The lowest BCUT2D eigenvalue weighted by molar-refractivity contribution is -0.139. The zero-order valence-corrected chi connectivity index (χ0v) is 21.9. The Balaban J connectivity index is 1.31. The SMILES string of the molecule is CS(=O)(=O)C(=O)Cn1cc(CC(NC(=O)OCC2c3ccccc3-c3ccccc32)C(=O)O)c2ccccc21. The number of para-hydroxylation sites is 1. The molecule has 1 aliphatic carbocycles. The number of ether oxygens (including phenoxy) is 1. The smallest absolute Gasteiger partial charge is 0.407 e. The summed E-state index contributed by atoms with van der Waals surface area (Å²) in [6.45, 7) is -0.365. The van der Waals surface area contributed by atoms with Crippen molar-refractivity contribution in [3.8, 4) is 11.1 Å². The summed E-state index contributed by atoms with van der Waals surface area (Å²) >= 11 is 0. The summed E-state index contributed by atoms with van der Waals surface area (Å²) in [6.07, 6.45) is 1.43. The highest BCUT2D eigenvalue weighted by Crippen LogP contribution is 2.44. The third-order valence-corrected chi connectivity index (χ3v) is 7.90. The quantitative estimate of drug-likeness (QED) is 0.344. The van der Waals surface area contributed by atoms with E-state index in [0.717, 1.165) is 28.5 Å². The summed E-state index contributed by atoms with van der Waals surface area (Å²) in [4.78, 5) is 36.9. The van der Waals surface area contributed by atoms with Gasteiger partial charge in [0, 0.05) is 35.7 Å². The summed E-state index contributed by atoms with van der Waals surface area (Å²) in [5, 5.41) is 12.0. The lowest BCUT2D eigenvalue weighted by Gasteiger charge is -2.17. The summed E-state index contributed by atoms with van der Waals surface area (Å²) in [7, 11) is -3.89. The predicted molar refractivity (Wildman–Crippen MR) is 145 cm³/mol. The number of rotatable bonds is 8. The highest BCUT2D eigenvalue weighted by atomic mass is 32.2. The van der Waals surface area contributed by atoms with Crippen molar-refractivity contribution >= 4 is 37.9 Å². The maximum absolute atomic E-state index is 12.7. The Labute approximate surface area is 224 Å². The van der Waals surface area contributed by atoms with Crippen LogP contribution < -0.4 is 5.32 Å². The van der Waals surface area contributed by atoms with Crippen LogP contribution in [0.4, 0.5) is 4.79 Å². The van der Waals surface area contributed by atoms with E-state index >= 15 is 0 Å². The average molecular weight is 547 g/mol. The van der Waals surface area contributed by atoms with Crippen molar-refractivity contribution in [1.29, 1.82) is 0 Å². The average Bonchev–Trinajstić information content (AvgIpc) is 3.42. The predicted octanol–water partition coefficient (Wildman–Crippen LogP) is 3.75. The number of carbonyl (C=O) groups excluding carboxylic acids is 2. The fraction of sp³-hybridized carbons (Fsp3) is 0.207. The molecule has 10 heteroatoms. The highest BCUT2D eigenvalue weighted by Gasteiger charge is 2.30. The van der Waals surface area contributed by atoms with Gasteiger partial charge in [-0.2, -0.15) is 0 Å². The number of fused-ring (bicyclic) bond motifs is 4. The molecule has 1 aliphatic rings. The van der Waals surface area contributed by atoms with Gasteiger partial charge in [-0.25, -0.2) is 18.0 Å². The largest absolute Gasteiger partial charge is 0.480 e. The summed E-state index contributed by atoms with van der Waals surface area (Å²) in [5.41, 5.74) is 5.36. The summed E-state index contributed by atoms with van der Waals surface area (Å²) in [5.74, 6) is -1.43. The molecule has 3 aromatic carbocycles. The van der Waals surface area contributed by atoms with Crippen molar-refractivity contribution in [1.82, 2.24) is 9.88 Å². The van der Waals surface area contributed by atoms with Crippen LogP contribution in [0, 0.1) is 0 Å². The van der Waals surface area contributed by atoms with Crippen LogP contribution in [0.1, 0.15) is 22.6 Å². The maximum atomic E-state index is 12.7. The van der Waals surface area contributed by atoms with Crippen molar-refractivity contribution in [2.75, 3.05) is 12.9 Å². The van der Waals surface area contributed by atoms with Crippen LogP contribution in [-0.4, -0.2) is 54.2 Å². The maximum Gasteiger partial charge on any atom is 0.407 e. The first-order valence-electron chi connectivity index (χ1n) is 12.3. The number of aliphatic carboxylic acids is 1. The molecule has 0 bridgehead atoms. The van der Waals surface area contributed by atoms with Crippen LogP contribution in [-0.2, 0) is 37.1 Å². The third kappa shape index (κ3) is 5.28. The van der Waals surface area contributed by atoms with E-state index in [9.17, 15) is 27.9 Å². The molecule has 1 aromatic heterocycles. The molecule has 39 heavy (non-hydrogen) atoms. The first-order valence-corrected chi connectivity index (χ1v) is 14.2. The fourth-order valence-corrected chi connectivity index (χ4v) is 5.45. The van der Waals surface area contributed by atoms with Gasteiger partial charge in [0.1, 0.15) is 12.6 Å². The number of hydrogen-bond donors (Lipinski definition) is 2. The molecule has 1 atom stereocenters. The lowest BCUT2D eigenvalue weighted by atomic mass is 9.98. The zero-order valence-electron chi connectivity index (χ0n) is 21.0. The third-order valence-electron chi connectivity index (χ3n) is 6.94. The molecule has 0 saturated carbocycles. The van der Waals surface area contributed by atoms with Gasteiger partial charge in [-0.3, -0.25) is 4.79 Å². The van der Waals surface area contributed by atoms with Crippen LogP contribution in [0.5, 0.6) is 0 Å². The van der Waals surface area contributed by atoms with E-state index in [4.69, 9.17) is 4.74 Å². The number of nitrogens with zero attached hydrogens (tertiary/aromatic N) is 1. The highest BCUT2D eigenvalue weighted by molar-refractivity contribution is 8.05. The first-order chi connectivity index (χ1) is 18.6. The van der Waals surface area contributed by atoms with Crippen molar-refractivity contribution in [3.63, 3.8) is 0 Å². The Kier molecular flexibility index (Phi) is 6.96. The van der Waals surface area contributed by atoms with E-state index in [1.807, 2.05) is 48.5 Å². The van der Waals surface area contributed by atoms with Crippen LogP contribution >= 0.6 is 0 Å². The second kappa shape index (κ2) is 10.4. The van der Waals surface area contributed by atoms with Crippen LogP contribution in [0.25, 0.3) is 22.0 Å². The fourth-order valence-electron chi connectivity index (χ4n) is 5.07. The van der Waals surface area contributed by atoms with Gasteiger partial charge in [0.15, 0.2) is 0 Å². The molecule has 0 spiro atoms. The minimum Gasteiger partial charge on any atom is -0.480 e. The number of benzene rings is 3. The number of hydrogen-bond acceptors (Lipinski definition) is 6. The van der Waals surface area contributed by atoms with Gasteiger partial charge in [0.25, 0.3) is 5.12 Å². The first kappa shape index (κ1) is 26.2. The molecule has 0 saturated heterocycles. The minimum absolute atomic E-state index is 0.0408. The Bertz CT molecular complexity index is 1660. The molecular weight excluding hydrogens is 520 g/mol. The molecule has 0 aliphatic heterocycles. The second-order valence-electron chi connectivity index (χ2n) is 9.51. The van der Waals surface area contributed by atoms with Gasteiger partial charge in [-0.05, 0) is 33.9 Å². The van der Waals surface area contributed by atoms with Crippen LogP contribution in [0.3, 0.4) is 0 Å². The molecule has 5 rings (SSSR count). The van der Waals surface area contributed by atoms with Crippen molar-refractivity contribution < 1.29 is 32.6 Å². The topological polar surface area (TPSA) is 132 Å². The monoisotopic (exact) mass is 546 g/mol. The van der Waals surface area contributed by atoms with Crippen molar-refractivity contribution in [2.24, 2.45) is 0 Å². The molecule has 0 fully saturated rings. The number of alkyl carbamates (subject to hydrolysis) is 1. The van der Waals surface area contributed by atoms with E-state index in [2.05, 4.69) is 5.32 Å². The molecule has 1 amide bonds. The van der Waals surface area contributed by atoms with Crippen LogP contribution in [0.2, 0.25) is 0 Å². The van der Waals surface area contributed by atoms with Gasteiger partial charge < -0.3 is 19.7 Å². The Morgan fingerprint density at radius 1 is 0.949 bits per heavy atom. The molecule has 0 radical (unpaired) electrons. The summed E-state index contributed by atoms with van der Waals surface area (Å²) < 4.78 is 30.3. The number of aromatic nitrogens is 1. The Hall–Kier alpha value is -4.44. The number of nitrogens with one attached hydrogen (secondary N) is 1. The van der Waals surface area contributed by atoms with Crippen molar-refractivity contribution in [3.05, 3.63) is 95.7 Å². The molecular formula is C29H26N2O7S. The van der Waals surface area contributed by atoms with Gasteiger partial charge >= 0.3 is 12.1 Å². The van der Waals surface area contributed by atoms with E-state index < -0.39 is 39.6 Å². The Morgan fingerprint density at radius 3 is 2.15 bits per heavy atom. The Morgan fingerprint density at radius 2 is 1.54 bits per heavy atom. The minimum atomic E-state index is -3.89. The number of carboxylic acids is 1. The number of amides is 1. The second-order valence-corrected chi connectivity index (χ2v) is 11.5. The normalized spacial score (nSPS) is 13.5.